The maximum atomic E-state index is 12.4. The molecule has 2 aromatic carbocycles. The Morgan fingerprint density at radius 2 is 1.90 bits per heavy atom. The second kappa shape index (κ2) is 9.59. The zero-order valence-electron chi connectivity index (χ0n) is 16.5. The van der Waals surface area contributed by atoms with Gasteiger partial charge in [0.05, 0.1) is 26.3 Å². The van der Waals surface area contributed by atoms with Crippen LogP contribution in [0, 0.1) is 0 Å². The van der Waals surface area contributed by atoms with Gasteiger partial charge < -0.3 is 24.1 Å². The summed E-state index contributed by atoms with van der Waals surface area (Å²) in [5.74, 6) is 2.25. The standard InChI is InChI=1S/C21H23N3O5/c1-4-17(28-14-8-6-5-7-9-14)21(25)22-13-19-23-20(24-29-19)16-11-10-15(26-2)12-18(16)27-3/h5-12,17H,4,13H2,1-3H3,(H,22,25). The molecule has 3 rings (SSSR count). The molecule has 8 nitrogen and oxygen atoms in total. The van der Waals surface area contributed by atoms with E-state index in [1.807, 2.05) is 37.3 Å². The fourth-order valence-electron chi connectivity index (χ4n) is 2.68. The Bertz CT molecular complexity index is 942. The number of benzene rings is 2. The van der Waals surface area contributed by atoms with Crippen LogP contribution in [0.2, 0.25) is 0 Å². The maximum Gasteiger partial charge on any atom is 0.261 e. The van der Waals surface area contributed by atoms with Gasteiger partial charge in [-0.1, -0.05) is 30.3 Å². The van der Waals surface area contributed by atoms with Crippen molar-refractivity contribution in [1.29, 1.82) is 0 Å². The average Bonchev–Trinajstić information content (AvgIpc) is 3.24. The molecule has 0 aliphatic heterocycles. The van der Waals surface area contributed by atoms with Crippen molar-refractivity contribution in [2.45, 2.75) is 26.0 Å². The van der Waals surface area contributed by atoms with Gasteiger partial charge in [-0.15, -0.1) is 0 Å². The van der Waals surface area contributed by atoms with E-state index in [0.29, 0.717) is 35.1 Å². The van der Waals surface area contributed by atoms with Crippen LogP contribution in [0.1, 0.15) is 19.2 Å². The number of rotatable bonds is 9. The summed E-state index contributed by atoms with van der Waals surface area (Å²) in [7, 11) is 3.13. The summed E-state index contributed by atoms with van der Waals surface area (Å²) in [5.41, 5.74) is 0.661. The quantitative estimate of drug-likeness (QED) is 0.592. The van der Waals surface area contributed by atoms with Crippen molar-refractivity contribution in [1.82, 2.24) is 15.5 Å². The van der Waals surface area contributed by atoms with Crippen molar-refractivity contribution in [3.8, 4) is 28.6 Å². The van der Waals surface area contributed by atoms with Gasteiger partial charge in [-0.25, -0.2) is 0 Å². The largest absolute Gasteiger partial charge is 0.497 e. The van der Waals surface area contributed by atoms with Gasteiger partial charge in [0.15, 0.2) is 6.10 Å². The third-order valence-corrected chi connectivity index (χ3v) is 4.22. The van der Waals surface area contributed by atoms with Crippen molar-refractivity contribution in [2.24, 2.45) is 0 Å². The molecule has 1 heterocycles. The molecule has 0 aliphatic rings. The van der Waals surface area contributed by atoms with Crippen molar-refractivity contribution in [3.05, 3.63) is 54.4 Å². The highest BCUT2D eigenvalue weighted by Crippen LogP contribution is 2.31. The predicted molar refractivity (Wildman–Crippen MR) is 106 cm³/mol. The number of carbonyl (C=O) groups excluding carboxylic acids is 1. The molecule has 1 N–H and O–H groups in total. The highest BCUT2D eigenvalue weighted by Gasteiger charge is 2.20. The second-order valence-electron chi connectivity index (χ2n) is 6.12. The molecule has 0 spiro atoms. The van der Waals surface area contributed by atoms with Crippen LogP contribution in [0.15, 0.2) is 53.1 Å². The second-order valence-corrected chi connectivity index (χ2v) is 6.12. The summed E-state index contributed by atoms with van der Waals surface area (Å²) in [6.45, 7) is 1.98. The van der Waals surface area contributed by atoms with Gasteiger partial charge >= 0.3 is 0 Å². The van der Waals surface area contributed by atoms with Crippen molar-refractivity contribution in [3.63, 3.8) is 0 Å². The number of carbonyl (C=O) groups is 1. The summed E-state index contributed by atoms with van der Waals surface area (Å²) >= 11 is 0. The molecule has 29 heavy (non-hydrogen) atoms. The van der Waals surface area contributed by atoms with E-state index in [2.05, 4.69) is 15.5 Å². The molecule has 0 saturated heterocycles. The first kappa shape index (κ1) is 20.2. The molecule has 3 aromatic rings. The minimum absolute atomic E-state index is 0.0962. The lowest BCUT2D eigenvalue weighted by Crippen LogP contribution is -2.37. The number of hydrogen-bond acceptors (Lipinski definition) is 7. The van der Waals surface area contributed by atoms with Crippen LogP contribution in [0.5, 0.6) is 17.2 Å². The minimum atomic E-state index is -0.610. The van der Waals surface area contributed by atoms with Crippen LogP contribution in [0.4, 0.5) is 0 Å². The normalized spacial score (nSPS) is 11.6. The Kier molecular flexibility index (Phi) is 6.67. The predicted octanol–water partition coefficient (Wildman–Crippen LogP) is 3.23. The molecule has 0 radical (unpaired) electrons. The molecular formula is C21H23N3O5. The zero-order chi connectivity index (χ0) is 20.6. The summed E-state index contributed by atoms with van der Waals surface area (Å²) in [6, 6.07) is 14.5. The average molecular weight is 397 g/mol. The van der Waals surface area contributed by atoms with Gasteiger partial charge in [-0.2, -0.15) is 4.98 Å². The number of methoxy groups -OCH3 is 2. The third kappa shape index (κ3) is 5.04. The molecule has 152 valence electrons. The number of para-hydroxylation sites is 1. The summed E-state index contributed by atoms with van der Waals surface area (Å²) in [4.78, 5) is 16.8. The monoisotopic (exact) mass is 397 g/mol. The number of amides is 1. The molecule has 0 fully saturated rings. The van der Waals surface area contributed by atoms with Gasteiger partial charge in [0.25, 0.3) is 5.91 Å². The van der Waals surface area contributed by atoms with E-state index in [4.69, 9.17) is 18.7 Å². The fourth-order valence-corrected chi connectivity index (χ4v) is 2.68. The Labute approximate surface area is 168 Å². The summed E-state index contributed by atoms with van der Waals surface area (Å²) in [6.07, 6.45) is -0.0831. The van der Waals surface area contributed by atoms with Crippen LogP contribution in [0.3, 0.4) is 0 Å². The zero-order valence-corrected chi connectivity index (χ0v) is 16.5. The van der Waals surface area contributed by atoms with Gasteiger partial charge in [0.1, 0.15) is 17.2 Å². The third-order valence-electron chi connectivity index (χ3n) is 4.22. The van der Waals surface area contributed by atoms with Crippen LogP contribution in [-0.4, -0.2) is 36.4 Å². The lowest BCUT2D eigenvalue weighted by atomic mass is 10.2. The fraction of sp³-hybridized carbons (Fsp3) is 0.286. The molecule has 0 saturated carbocycles. The highest BCUT2D eigenvalue weighted by molar-refractivity contribution is 5.81. The van der Waals surface area contributed by atoms with Crippen LogP contribution in [-0.2, 0) is 11.3 Å². The number of hydrogen-bond donors (Lipinski definition) is 1. The number of nitrogens with zero attached hydrogens (tertiary/aromatic N) is 2. The summed E-state index contributed by atoms with van der Waals surface area (Å²) in [5, 5.41) is 6.74. The van der Waals surface area contributed by atoms with Gasteiger partial charge in [0.2, 0.25) is 11.7 Å². The molecule has 1 unspecified atom stereocenters. The molecule has 1 aromatic heterocycles. The Morgan fingerprint density at radius 1 is 1.10 bits per heavy atom. The first-order chi connectivity index (χ1) is 14.1. The van der Waals surface area contributed by atoms with Crippen LogP contribution in [0.25, 0.3) is 11.4 Å². The van der Waals surface area contributed by atoms with Gasteiger partial charge in [-0.3, -0.25) is 4.79 Å². The van der Waals surface area contributed by atoms with Crippen molar-refractivity contribution < 1.29 is 23.5 Å². The molecule has 8 heteroatoms. The molecule has 0 bridgehead atoms. The van der Waals surface area contributed by atoms with E-state index in [-0.39, 0.29) is 18.3 Å². The number of aromatic nitrogens is 2. The summed E-state index contributed by atoms with van der Waals surface area (Å²) < 4.78 is 21.5. The topological polar surface area (TPSA) is 95.7 Å². The van der Waals surface area contributed by atoms with Crippen LogP contribution >= 0.6 is 0 Å². The molecular weight excluding hydrogens is 374 g/mol. The van der Waals surface area contributed by atoms with E-state index >= 15 is 0 Å². The number of ether oxygens (including phenoxy) is 3. The Morgan fingerprint density at radius 3 is 2.59 bits per heavy atom. The van der Waals surface area contributed by atoms with E-state index in [0.717, 1.165) is 0 Å². The Balaban J connectivity index is 1.63. The van der Waals surface area contributed by atoms with E-state index < -0.39 is 6.10 Å². The van der Waals surface area contributed by atoms with Crippen LogP contribution < -0.4 is 19.5 Å². The first-order valence-corrected chi connectivity index (χ1v) is 9.19. The smallest absolute Gasteiger partial charge is 0.261 e. The van der Waals surface area contributed by atoms with E-state index in [1.54, 1.807) is 32.4 Å². The Hall–Kier alpha value is -3.55. The lowest BCUT2D eigenvalue weighted by Gasteiger charge is -2.16. The first-order valence-electron chi connectivity index (χ1n) is 9.19. The molecule has 1 atom stereocenters. The lowest BCUT2D eigenvalue weighted by molar-refractivity contribution is -0.128. The van der Waals surface area contributed by atoms with Gasteiger partial charge in [0, 0.05) is 6.07 Å². The number of nitrogens with one attached hydrogen (secondary N) is 1. The van der Waals surface area contributed by atoms with E-state index in [9.17, 15) is 4.79 Å². The highest BCUT2D eigenvalue weighted by atomic mass is 16.5. The SMILES string of the molecule is CCC(Oc1ccccc1)C(=O)NCc1nc(-c2ccc(OC)cc2OC)no1. The molecule has 0 aliphatic carbocycles. The van der Waals surface area contributed by atoms with Gasteiger partial charge in [-0.05, 0) is 30.7 Å². The van der Waals surface area contributed by atoms with Crippen molar-refractivity contribution >= 4 is 5.91 Å². The maximum absolute atomic E-state index is 12.4. The minimum Gasteiger partial charge on any atom is -0.497 e. The van der Waals surface area contributed by atoms with E-state index in [1.165, 1.54) is 0 Å². The van der Waals surface area contributed by atoms with Crippen molar-refractivity contribution in [2.75, 3.05) is 14.2 Å². The molecule has 1 amide bonds.